The molecule has 0 saturated carbocycles. The fourth-order valence-electron chi connectivity index (χ4n) is 3.62. The Labute approximate surface area is 140 Å². The highest BCUT2D eigenvalue weighted by atomic mass is 16.5. The molecular formula is C16H22N4O4. The highest BCUT2D eigenvalue weighted by Gasteiger charge is 2.41. The molecule has 8 nitrogen and oxygen atoms in total. The quantitative estimate of drug-likeness (QED) is 0.792. The number of piperidine rings is 1. The molecule has 8 heteroatoms. The fraction of sp³-hybridized carbons (Fsp3) is 0.625. The molecule has 0 aliphatic carbocycles. The van der Waals surface area contributed by atoms with Gasteiger partial charge in [-0.2, -0.15) is 0 Å². The summed E-state index contributed by atoms with van der Waals surface area (Å²) in [4.78, 5) is 36.0. The van der Waals surface area contributed by atoms with Gasteiger partial charge in [-0.05, 0) is 12.8 Å². The van der Waals surface area contributed by atoms with Gasteiger partial charge in [0.1, 0.15) is 12.1 Å². The smallest absolute Gasteiger partial charge is 0.308 e. The first-order valence-corrected chi connectivity index (χ1v) is 8.15. The monoisotopic (exact) mass is 334 g/mol. The molecular weight excluding hydrogens is 312 g/mol. The lowest BCUT2D eigenvalue weighted by Crippen LogP contribution is -2.49. The van der Waals surface area contributed by atoms with E-state index in [0.717, 1.165) is 12.8 Å². The zero-order chi connectivity index (χ0) is 17.1. The van der Waals surface area contributed by atoms with Crippen molar-refractivity contribution in [2.45, 2.75) is 25.3 Å². The minimum Gasteiger partial charge on any atom is -0.481 e. The molecule has 2 bridgehead atoms. The van der Waals surface area contributed by atoms with Gasteiger partial charge in [0.2, 0.25) is 5.91 Å². The number of anilines is 1. The van der Waals surface area contributed by atoms with Crippen LogP contribution in [0.4, 0.5) is 5.82 Å². The van der Waals surface area contributed by atoms with E-state index in [0.29, 0.717) is 37.6 Å². The summed E-state index contributed by atoms with van der Waals surface area (Å²) in [5.74, 6) is -0.194. The summed E-state index contributed by atoms with van der Waals surface area (Å²) in [6, 6.07) is 0.110. The number of carboxylic acid groups (broad SMARTS) is 1. The summed E-state index contributed by atoms with van der Waals surface area (Å²) in [6.45, 7) is 2.35. The first-order chi connectivity index (χ1) is 11.6. The van der Waals surface area contributed by atoms with Gasteiger partial charge in [0.05, 0.1) is 18.9 Å². The second-order valence-electron chi connectivity index (χ2n) is 6.30. The van der Waals surface area contributed by atoms with Gasteiger partial charge in [0.25, 0.3) is 0 Å². The average molecular weight is 334 g/mol. The number of ether oxygens (including phenoxy) is 1. The minimum absolute atomic E-state index is 0.0757. The zero-order valence-corrected chi connectivity index (χ0v) is 13.7. The van der Waals surface area contributed by atoms with Crippen LogP contribution >= 0.6 is 0 Å². The summed E-state index contributed by atoms with van der Waals surface area (Å²) >= 11 is 0. The van der Waals surface area contributed by atoms with Gasteiger partial charge in [-0.1, -0.05) is 0 Å². The topological polar surface area (TPSA) is 95.9 Å². The molecule has 130 valence electrons. The molecule has 3 saturated heterocycles. The lowest BCUT2D eigenvalue weighted by Gasteiger charge is -2.35. The SMILES string of the molecule is COCCN1C(=O)[C@@H]2CC[C@H]1CN(c1ncncc1CC(=O)O)C2. The van der Waals surface area contributed by atoms with Gasteiger partial charge in [0.15, 0.2) is 0 Å². The van der Waals surface area contributed by atoms with Crippen LogP contribution in [0.1, 0.15) is 18.4 Å². The third-order valence-corrected chi connectivity index (χ3v) is 4.74. The average Bonchev–Trinajstić information content (AvgIpc) is 2.84. The van der Waals surface area contributed by atoms with Crippen LogP contribution in [0, 0.1) is 5.92 Å². The fourth-order valence-corrected chi connectivity index (χ4v) is 3.62. The summed E-state index contributed by atoms with van der Waals surface area (Å²) < 4.78 is 5.12. The summed E-state index contributed by atoms with van der Waals surface area (Å²) in [5, 5.41) is 9.09. The van der Waals surface area contributed by atoms with Crippen molar-refractivity contribution in [2.75, 3.05) is 38.3 Å². The molecule has 0 unspecified atom stereocenters. The maximum atomic E-state index is 12.7. The Kier molecular flexibility index (Phi) is 4.94. The first-order valence-electron chi connectivity index (χ1n) is 8.15. The van der Waals surface area contributed by atoms with E-state index in [4.69, 9.17) is 9.84 Å². The summed E-state index contributed by atoms with van der Waals surface area (Å²) in [5.41, 5.74) is 0.585. The van der Waals surface area contributed by atoms with Gasteiger partial charge < -0.3 is 19.6 Å². The zero-order valence-electron chi connectivity index (χ0n) is 13.7. The van der Waals surface area contributed by atoms with Crippen molar-refractivity contribution in [3.63, 3.8) is 0 Å². The molecule has 4 heterocycles. The normalized spacial score (nSPS) is 23.5. The lowest BCUT2D eigenvalue weighted by atomic mass is 9.94. The van der Waals surface area contributed by atoms with Gasteiger partial charge >= 0.3 is 5.97 Å². The van der Waals surface area contributed by atoms with Gasteiger partial charge in [-0.15, -0.1) is 0 Å². The van der Waals surface area contributed by atoms with Crippen molar-refractivity contribution in [3.8, 4) is 0 Å². The van der Waals surface area contributed by atoms with Gasteiger partial charge in [-0.25, -0.2) is 9.97 Å². The molecule has 1 aromatic heterocycles. The van der Waals surface area contributed by atoms with Crippen molar-refractivity contribution < 1.29 is 19.4 Å². The van der Waals surface area contributed by atoms with E-state index in [1.54, 1.807) is 13.3 Å². The van der Waals surface area contributed by atoms with E-state index < -0.39 is 5.97 Å². The predicted octanol–water partition coefficient (Wildman–Crippen LogP) is 0.177. The van der Waals surface area contributed by atoms with E-state index in [2.05, 4.69) is 9.97 Å². The first kappa shape index (κ1) is 16.6. The molecule has 2 atom stereocenters. The van der Waals surface area contributed by atoms with Crippen LogP contribution in [0.15, 0.2) is 12.5 Å². The second kappa shape index (κ2) is 7.12. The van der Waals surface area contributed by atoms with Crippen molar-refractivity contribution in [2.24, 2.45) is 5.92 Å². The van der Waals surface area contributed by atoms with E-state index in [1.807, 2.05) is 9.80 Å². The van der Waals surface area contributed by atoms with Crippen LogP contribution in [-0.2, 0) is 20.7 Å². The number of rotatable bonds is 6. The van der Waals surface area contributed by atoms with Crippen molar-refractivity contribution in [3.05, 3.63) is 18.1 Å². The van der Waals surface area contributed by atoms with E-state index in [9.17, 15) is 9.59 Å². The van der Waals surface area contributed by atoms with Crippen LogP contribution in [0.2, 0.25) is 0 Å². The molecule has 0 aromatic carbocycles. The number of carbonyl (C=O) groups excluding carboxylic acids is 1. The Morgan fingerprint density at radius 2 is 2.25 bits per heavy atom. The molecule has 1 N–H and O–H groups in total. The summed E-state index contributed by atoms with van der Waals surface area (Å²) in [6.07, 6.45) is 4.67. The van der Waals surface area contributed by atoms with Gasteiger partial charge in [0, 0.05) is 44.5 Å². The Bertz CT molecular complexity index is 624. The predicted molar refractivity (Wildman–Crippen MR) is 85.7 cm³/mol. The number of fused-ring (bicyclic) bond motifs is 4. The highest BCUT2D eigenvalue weighted by Crippen LogP contribution is 2.32. The largest absolute Gasteiger partial charge is 0.481 e. The molecule has 4 rings (SSSR count). The Morgan fingerprint density at radius 1 is 1.42 bits per heavy atom. The lowest BCUT2D eigenvalue weighted by molar-refractivity contribution is -0.140. The number of aliphatic carboxylic acids is 1. The number of carboxylic acids is 1. The van der Waals surface area contributed by atoms with Crippen LogP contribution in [0.25, 0.3) is 0 Å². The molecule has 1 amide bonds. The molecule has 24 heavy (non-hydrogen) atoms. The maximum absolute atomic E-state index is 12.7. The maximum Gasteiger partial charge on any atom is 0.308 e. The van der Waals surface area contributed by atoms with Crippen LogP contribution in [0.3, 0.4) is 0 Å². The second-order valence-corrected chi connectivity index (χ2v) is 6.30. The standard InChI is InChI=1S/C16H22N4O4/c1-24-5-4-20-13-3-2-11(16(20)23)8-19(9-13)15-12(6-14(21)22)7-17-10-18-15/h7,10-11,13H,2-6,8-9H2,1H3,(H,21,22)/t11-,13+/m1/s1. The minimum atomic E-state index is -0.915. The number of hydrogen-bond acceptors (Lipinski definition) is 6. The number of methoxy groups -OCH3 is 1. The third-order valence-electron chi connectivity index (χ3n) is 4.74. The number of hydrogen-bond donors (Lipinski definition) is 1. The number of carbonyl (C=O) groups is 2. The van der Waals surface area contributed by atoms with Gasteiger partial charge in [-0.3, -0.25) is 9.59 Å². The van der Waals surface area contributed by atoms with Crippen LogP contribution in [-0.4, -0.2) is 71.2 Å². The number of amides is 1. The Hall–Kier alpha value is -2.22. The van der Waals surface area contributed by atoms with Crippen molar-refractivity contribution >= 4 is 17.7 Å². The highest BCUT2D eigenvalue weighted by molar-refractivity contribution is 5.81. The third kappa shape index (κ3) is 3.33. The number of aromatic nitrogens is 2. The van der Waals surface area contributed by atoms with Crippen molar-refractivity contribution in [1.82, 2.24) is 14.9 Å². The molecule has 3 fully saturated rings. The van der Waals surface area contributed by atoms with E-state index in [1.165, 1.54) is 6.33 Å². The molecule has 3 aliphatic heterocycles. The Morgan fingerprint density at radius 3 is 3.00 bits per heavy atom. The van der Waals surface area contributed by atoms with Crippen LogP contribution in [0.5, 0.6) is 0 Å². The van der Waals surface area contributed by atoms with Crippen LogP contribution < -0.4 is 4.90 Å². The molecule has 0 spiro atoms. The molecule has 3 aliphatic rings. The molecule has 1 aromatic rings. The van der Waals surface area contributed by atoms with E-state index >= 15 is 0 Å². The Balaban J connectivity index is 1.84. The van der Waals surface area contributed by atoms with Crippen molar-refractivity contribution in [1.29, 1.82) is 0 Å². The number of nitrogens with zero attached hydrogens (tertiary/aromatic N) is 4. The molecule has 0 radical (unpaired) electrons. The van der Waals surface area contributed by atoms with E-state index in [-0.39, 0.29) is 24.3 Å². The summed E-state index contributed by atoms with van der Waals surface area (Å²) in [7, 11) is 1.63.